The molecule has 38 heavy (non-hydrogen) atoms. The number of hydrogen-bond acceptors (Lipinski definition) is 7. The second-order valence-electron chi connectivity index (χ2n) is 12.0. The molecule has 3 aromatic rings. The van der Waals surface area contributed by atoms with Gasteiger partial charge in [0.1, 0.15) is 18.7 Å². The third kappa shape index (κ3) is 4.36. The fraction of sp³-hybridized carbons (Fsp3) is 0.630. The topological polar surface area (TPSA) is 118 Å². The molecule has 2 N–H and O–H groups in total. The molecule has 3 heterocycles. The summed E-state index contributed by atoms with van der Waals surface area (Å²) in [6.07, 6.45) is 4.00. The summed E-state index contributed by atoms with van der Waals surface area (Å²) in [6.45, 7) is 12.5. The first-order chi connectivity index (χ1) is 18.2. The van der Waals surface area contributed by atoms with Gasteiger partial charge in [0.15, 0.2) is 5.96 Å². The van der Waals surface area contributed by atoms with Gasteiger partial charge in [-0.05, 0) is 71.6 Å². The van der Waals surface area contributed by atoms with E-state index < -0.39 is 0 Å². The summed E-state index contributed by atoms with van der Waals surface area (Å²) >= 11 is 0. The lowest BCUT2D eigenvalue weighted by atomic mass is 9.45. The van der Waals surface area contributed by atoms with Crippen molar-refractivity contribution in [3.05, 3.63) is 40.7 Å². The van der Waals surface area contributed by atoms with Gasteiger partial charge in [0.2, 0.25) is 0 Å². The van der Waals surface area contributed by atoms with Crippen molar-refractivity contribution in [3.63, 3.8) is 0 Å². The van der Waals surface area contributed by atoms with Crippen LogP contribution in [0, 0.1) is 23.2 Å². The maximum absolute atomic E-state index is 13.1. The molecule has 3 aliphatic carbocycles. The Kier molecular flexibility index (Phi) is 6.20. The van der Waals surface area contributed by atoms with E-state index in [1.807, 2.05) is 18.2 Å². The number of tetrazole rings is 1. The Hall–Kier alpha value is -3.34. The molecule has 11 heteroatoms. The van der Waals surface area contributed by atoms with E-state index in [4.69, 9.17) is 9.98 Å². The lowest BCUT2D eigenvalue weighted by Gasteiger charge is -2.61. The number of benzene rings is 1. The first kappa shape index (κ1) is 25.0. The van der Waals surface area contributed by atoms with Gasteiger partial charge in [0, 0.05) is 38.4 Å². The zero-order valence-electron chi connectivity index (χ0n) is 22.9. The largest absolute Gasteiger partial charge is 0.340 e. The van der Waals surface area contributed by atoms with Crippen LogP contribution in [0.4, 0.5) is 5.69 Å². The molecular formula is C27H38N10O. The second-order valence-corrected chi connectivity index (χ2v) is 12.0. The molecule has 0 amide bonds. The van der Waals surface area contributed by atoms with Crippen LogP contribution in [0.15, 0.2) is 34.3 Å². The van der Waals surface area contributed by atoms with Crippen molar-refractivity contribution >= 4 is 22.5 Å². The van der Waals surface area contributed by atoms with Crippen LogP contribution < -0.4 is 16.2 Å². The number of aliphatic imine (C=N–C) groups is 1. The van der Waals surface area contributed by atoms with Crippen molar-refractivity contribution in [2.24, 2.45) is 35.2 Å². The Morgan fingerprint density at radius 1 is 1.26 bits per heavy atom. The lowest BCUT2D eigenvalue weighted by molar-refractivity contribution is -0.108. The molecule has 5 atom stereocenters. The van der Waals surface area contributed by atoms with Gasteiger partial charge in [0.05, 0.1) is 16.9 Å². The Labute approximate surface area is 222 Å². The molecule has 11 nitrogen and oxygen atoms in total. The van der Waals surface area contributed by atoms with Crippen LogP contribution in [0.1, 0.15) is 46.4 Å². The van der Waals surface area contributed by atoms with Gasteiger partial charge in [0.25, 0.3) is 5.56 Å². The van der Waals surface area contributed by atoms with Crippen LogP contribution in [0.3, 0.4) is 0 Å². The summed E-state index contributed by atoms with van der Waals surface area (Å²) < 4.78 is 3.12. The molecule has 7 rings (SSSR count). The van der Waals surface area contributed by atoms with Crippen LogP contribution in [-0.2, 0) is 13.6 Å². The van der Waals surface area contributed by atoms with Crippen LogP contribution in [0.5, 0.6) is 0 Å². The monoisotopic (exact) mass is 518 g/mol. The zero-order chi connectivity index (χ0) is 26.6. The number of nitrogens with zero attached hydrogens (tertiary/aromatic N) is 8. The molecule has 3 saturated carbocycles. The minimum absolute atomic E-state index is 0.0904. The molecular weight excluding hydrogens is 480 g/mol. The molecule has 4 aliphatic rings. The Morgan fingerprint density at radius 2 is 2.11 bits per heavy atom. The van der Waals surface area contributed by atoms with Gasteiger partial charge < -0.3 is 15.5 Å². The number of rotatable bonds is 4. The van der Waals surface area contributed by atoms with E-state index in [-0.39, 0.29) is 5.56 Å². The van der Waals surface area contributed by atoms with Gasteiger partial charge in [-0.15, -0.1) is 5.10 Å². The Morgan fingerprint density at radius 3 is 2.82 bits per heavy atom. The van der Waals surface area contributed by atoms with Crippen molar-refractivity contribution in [2.45, 2.75) is 59.2 Å². The van der Waals surface area contributed by atoms with Gasteiger partial charge in [-0.25, -0.2) is 14.7 Å². The van der Waals surface area contributed by atoms with E-state index in [0.29, 0.717) is 46.7 Å². The molecule has 0 spiro atoms. The zero-order valence-corrected chi connectivity index (χ0v) is 22.9. The summed E-state index contributed by atoms with van der Waals surface area (Å²) in [5, 5.41) is 19.0. The van der Waals surface area contributed by atoms with Crippen LogP contribution >= 0.6 is 0 Å². The van der Waals surface area contributed by atoms with Crippen molar-refractivity contribution in [1.29, 1.82) is 0 Å². The molecule has 2 aromatic heterocycles. The highest BCUT2D eigenvalue weighted by atomic mass is 16.1. The molecule has 202 valence electrons. The van der Waals surface area contributed by atoms with Crippen LogP contribution in [0.2, 0.25) is 0 Å². The number of fused-ring (bicyclic) bond motifs is 3. The van der Waals surface area contributed by atoms with E-state index in [2.05, 4.69) is 58.8 Å². The third-order valence-electron chi connectivity index (χ3n) is 9.39. The second kappa shape index (κ2) is 9.44. The number of anilines is 1. The number of guanidine groups is 1. The molecule has 1 aromatic carbocycles. The fourth-order valence-electron chi connectivity index (χ4n) is 6.83. The lowest BCUT2D eigenvalue weighted by Crippen LogP contribution is -2.57. The summed E-state index contributed by atoms with van der Waals surface area (Å²) in [5.74, 6) is 3.56. The van der Waals surface area contributed by atoms with E-state index >= 15 is 0 Å². The van der Waals surface area contributed by atoms with Gasteiger partial charge in [-0.1, -0.05) is 20.8 Å². The normalized spacial score (nSPS) is 28.8. The standard InChI is InChI=1S/C27H38N10O/c1-16-13-36(9-8-28-16)26(32-22-11-18-10-21(17(22)2)27(18,3)4)30-19-6-7-20-23(12-19)31-24(35(5)25(20)38)14-37-15-29-33-34-37/h6-7,12,15-18,21-22,28H,8-11,13-14H2,1-5H3,(H,30,32)/t16-,17-,18-,21+,22?/m0/s1. The fourth-order valence-corrected chi connectivity index (χ4v) is 6.83. The average molecular weight is 519 g/mol. The minimum Gasteiger partial charge on any atom is -0.340 e. The van der Waals surface area contributed by atoms with Gasteiger partial charge >= 0.3 is 0 Å². The highest BCUT2D eigenvalue weighted by Gasteiger charge is 2.56. The smallest absolute Gasteiger partial charge is 0.261 e. The number of aromatic nitrogens is 6. The maximum Gasteiger partial charge on any atom is 0.261 e. The number of piperazine rings is 1. The van der Waals surface area contributed by atoms with E-state index in [1.54, 1.807) is 16.3 Å². The predicted molar refractivity (Wildman–Crippen MR) is 147 cm³/mol. The van der Waals surface area contributed by atoms with Crippen LogP contribution in [-0.4, -0.2) is 72.3 Å². The Balaban J connectivity index is 1.32. The predicted octanol–water partition coefficient (Wildman–Crippen LogP) is 2.10. The highest BCUT2D eigenvalue weighted by Crippen LogP contribution is 2.61. The van der Waals surface area contributed by atoms with E-state index in [0.717, 1.165) is 49.5 Å². The number of nitrogens with one attached hydrogen (secondary N) is 2. The minimum atomic E-state index is -0.0904. The quantitative estimate of drug-likeness (QED) is 0.398. The van der Waals surface area contributed by atoms with Crippen molar-refractivity contribution < 1.29 is 0 Å². The number of hydrogen-bond donors (Lipinski definition) is 2. The molecule has 0 radical (unpaired) electrons. The Bertz CT molecular complexity index is 1410. The average Bonchev–Trinajstić information content (AvgIpc) is 3.40. The molecule has 2 bridgehead atoms. The molecule has 1 saturated heterocycles. The summed E-state index contributed by atoms with van der Waals surface area (Å²) in [7, 11) is 1.73. The summed E-state index contributed by atoms with van der Waals surface area (Å²) in [4.78, 5) is 25.6. The van der Waals surface area contributed by atoms with E-state index in [9.17, 15) is 4.79 Å². The molecule has 1 unspecified atom stereocenters. The van der Waals surface area contributed by atoms with Crippen LogP contribution in [0.25, 0.3) is 10.9 Å². The first-order valence-corrected chi connectivity index (χ1v) is 13.7. The molecule has 1 aliphatic heterocycles. The highest BCUT2D eigenvalue weighted by molar-refractivity contribution is 5.96. The van der Waals surface area contributed by atoms with E-state index in [1.165, 1.54) is 12.7 Å². The SMILES string of the molecule is C[C@@H]1C(N=C(Nc2ccc3c(=O)n(C)c(Cn4cnnn4)nc3c2)N2CCN[C@@H](C)C2)C[C@@H]2C[C@H]1C2(C)C. The van der Waals surface area contributed by atoms with Crippen molar-refractivity contribution in [2.75, 3.05) is 25.0 Å². The third-order valence-corrected chi connectivity index (χ3v) is 9.39. The molecule has 4 fully saturated rings. The maximum atomic E-state index is 13.1. The van der Waals surface area contributed by atoms with Crippen molar-refractivity contribution in [1.82, 2.24) is 40.0 Å². The summed E-state index contributed by atoms with van der Waals surface area (Å²) in [6, 6.07) is 6.46. The van der Waals surface area contributed by atoms with Gasteiger partial charge in [-0.3, -0.25) is 9.36 Å². The first-order valence-electron chi connectivity index (χ1n) is 13.7. The van der Waals surface area contributed by atoms with Crippen molar-refractivity contribution in [3.8, 4) is 0 Å². The van der Waals surface area contributed by atoms with Gasteiger partial charge in [-0.2, -0.15) is 0 Å². The summed E-state index contributed by atoms with van der Waals surface area (Å²) in [5.41, 5.74) is 1.86.